The molecule has 0 radical (unpaired) electrons. The number of piperidine rings is 1. The first kappa shape index (κ1) is 13.9. The largest absolute Gasteiger partial charge is 0.319 e. The smallest absolute Gasteiger partial charge is 0.151 e. The number of nitrogens with zero attached hydrogens (tertiary/aromatic N) is 1. The van der Waals surface area contributed by atoms with E-state index in [1.54, 1.807) is 6.92 Å². The zero-order valence-corrected chi connectivity index (χ0v) is 11.2. The molecule has 0 amide bonds. The Balaban J connectivity index is 2.22. The van der Waals surface area contributed by atoms with E-state index >= 15 is 0 Å². The summed E-state index contributed by atoms with van der Waals surface area (Å²) in [4.78, 5) is 2.28. The lowest BCUT2D eigenvalue weighted by atomic mass is 9.97. The first-order valence-electron chi connectivity index (χ1n) is 6.14. The van der Waals surface area contributed by atoms with Crippen molar-refractivity contribution < 1.29 is 8.42 Å². The summed E-state index contributed by atoms with van der Waals surface area (Å²) in [6.45, 7) is 5.61. The Morgan fingerprint density at radius 2 is 1.94 bits per heavy atom. The van der Waals surface area contributed by atoms with Crippen molar-refractivity contribution in [1.29, 1.82) is 0 Å². The maximum atomic E-state index is 11.4. The van der Waals surface area contributed by atoms with E-state index in [1.807, 2.05) is 7.05 Å². The van der Waals surface area contributed by atoms with Crippen LogP contribution in [0, 0.1) is 5.92 Å². The van der Waals surface area contributed by atoms with Crippen LogP contribution < -0.4 is 5.32 Å². The van der Waals surface area contributed by atoms with Crippen molar-refractivity contribution in [3.8, 4) is 0 Å². The molecule has 0 saturated carbocycles. The summed E-state index contributed by atoms with van der Waals surface area (Å²) in [5, 5.41) is 3.20. The lowest BCUT2D eigenvalue weighted by molar-refractivity contribution is 0.192. The van der Waals surface area contributed by atoms with Gasteiger partial charge in [0.05, 0.1) is 5.75 Å². The van der Waals surface area contributed by atoms with Crippen LogP contribution in [0.3, 0.4) is 0 Å². The molecule has 0 atom stereocenters. The highest BCUT2D eigenvalue weighted by molar-refractivity contribution is 7.91. The Morgan fingerprint density at radius 3 is 2.44 bits per heavy atom. The number of sulfone groups is 1. The van der Waals surface area contributed by atoms with Gasteiger partial charge in [0.25, 0.3) is 0 Å². The van der Waals surface area contributed by atoms with Gasteiger partial charge in [-0.3, -0.25) is 0 Å². The third kappa shape index (κ3) is 4.80. The molecule has 0 aliphatic carbocycles. The molecule has 1 rings (SSSR count). The Bertz CT molecular complexity index is 282. The van der Waals surface area contributed by atoms with Gasteiger partial charge >= 0.3 is 0 Å². The third-order valence-corrected chi connectivity index (χ3v) is 5.04. The van der Waals surface area contributed by atoms with Crippen LogP contribution in [0.2, 0.25) is 0 Å². The van der Waals surface area contributed by atoms with Gasteiger partial charge in [0.1, 0.15) is 0 Å². The molecule has 96 valence electrons. The molecule has 0 aromatic heterocycles. The molecule has 5 heteroatoms. The van der Waals surface area contributed by atoms with Gasteiger partial charge in [0, 0.05) is 12.3 Å². The van der Waals surface area contributed by atoms with Gasteiger partial charge in [-0.1, -0.05) is 6.92 Å². The maximum Gasteiger partial charge on any atom is 0.151 e. The van der Waals surface area contributed by atoms with E-state index in [9.17, 15) is 8.42 Å². The average molecular weight is 248 g/mol. The van der Waals surface area contributed by atoms with E-state index in [0.29, 0.717) is 12.3 Å². The van der Waals surface area contributed by atoms with Gasteiger partial charge < -0.3 is 10.2 Å². The number of hydrogen-bond donors (Lipinski definition) is 1. The first-order valence-corrected chi connectivity index (χ1v) is 7.97. The molecule has 1 saturated heterocycles. The molecule has 1 aliphatic rings. The second-order valence-electron chi connectivity index (χ2n) is 4.58. The standard InChI is InChI=1S/C11H24N2O2S/c1-3-16(14,15)9-8-13-6-4-11(5-7-13)10-12-2/h11-12H,3-10H2,1-2H3. The number of hydrogen-bond acceptors (Lipinski definition) is 4. The molecule has 16 heavy (non-hydrogen) atoms. The SMILES string of the molecule is CCS(=O)(=O)CCN1CCC(CNC)CC1. The molecule has 0 spiro atoms. The molecular weight excluding hydrogens is 224 g/mol. The fourth-order valence-corrected chi connectivity index (χ4v) is 2.94. The molecule has 0 aromatic carbocycles. The number of likely N-dealkylation sites (tertiary alicyclic amines) is 1. The maximum absolute atomic E-state index is 11.4. The summed E-state index contributed by atoms with van der Waals surface area (Å²) >= 11 is 0. The molecule has 1 heterocycles. The molecule has 0 bridgehead atoms. The predicted octanol–water partition coefficient (Wildman–Crippen LogP) is 0.353. The summed E-state index contributed by atoms with van der Waals surface area (Å²) in [7, 11) is -0.810. The van der Waals surface area contributed by atoms with E-state index in [1.165, 1.54) is 12.8 Å². The normalized spacial score (nSPS) is 20.1. The quantitative estimate of drug-likeness (QED) is 0.737. The van der Waals surface area contributed by atoms with Crippen LogP contribution in [-0.4, -0.2) is 58.1 Å². The van der Waals surface area contributed by atoms with Gasteiger partial charge in [0.2, 0.25) is 0 Å². The van der Waals surface area contributed by atoms with E-state index in [2.05, 4.69) is 10.2 Å². The summed E-state index contributed by atoms with van der Waals surface area (Å²) in [6.07, 6.45) is 2.38. The number of nitrogens with one attached hydrogen (secondary N) is 1. The van der Waals surface area contributed by atoms with Crippen LogP contribution in [-0.2, 0) is 9.84 Å². The predicted molar refractivity (Wildman–Crippen MR) is 67.4 cm³/mol. The van der Waals surface area contributed by atoms with Crippen LogP contribution in [0.1, 0.15) is 19.8 Å². The molecule has 1 N–H and O–H groups in total. The van der Waals surface area contributed by atoms with Crippen molar-refractivity contribution >= 4 is 9.84 Å². The minimum atomic E-state index is -2.80. The van der Waals surface area contributed by atoms with Crippen molar-refractivity contribution in [3.63, 3.8) is 0 Å². The van der Waals surface area contributed by atoms with Crippen LogP contribution in [0.25, 0.3) is 0 Å². The summed E-state index contributed by atoms with van der Waals surface area (Å²) < 4.78 is 22.7. The lowest BCUT2D eigenvalue weighted by Gasteiger charge is -2.31. The molecule has 0 unspecified atom stereocenters. The van der Waals surface area contributed by atoms with Crippen LogP contribution in [0.5, 0.6) is 0 Å². The third-order valence-electron chi connectivity index (χ3n) is 3.36. The van der Waals surface area contributed by atoms with E-state index in [-0.39, 0.29) is 5.75 Å². The zero-order valence-electron chi connectivity index (χ0n) is 10.4. The van der Waals surface area contributed by atoms with E-state index in [4.69, 9.17) is 0 Å². The molecular formula is C11H24N2O2S. The van der Waals surface area contributed by atoms with Gasteiger partial charge in [-0.05, 0) is 45.4 Å². The first-order chi connectivity index (χ1) is 7.57. The highest BCUT2D eigenvalue weighted by Crippen LogP contribution is 2.15. The van der Waals surface area contributed by atoms with Gasteiger partial charge in [0.15, 0.2) is 9.84 Å². The van der Waals surface area contributed by atoms with Crippen molar-refractivity contribution in [3.05, 3.63) is 0 Å². The lowest BCUT2D eigenvalue weighted by Crippen LogP contribution is -2.39. The highest BCUT2D eigenvalue weighted by atomic mass is 32.2. The zero-order chi connectivity index (χ0) is 12.0. The molecule has 4 nitrogen and oxygen atoms in total. The molecule has 1 aliphatic heterocycles. The van der Waals surface area contributed by atoms with Crippen LogP contribution in [0.4, 0.5) is 0 Å². The van der Waals surface area contributed by atoms with Gasteiger partial charge in [-0.25, -0.2) is 8.42 Å². The Kier molecular flexibility index (Phi) is 5.72. The average Bonchev–Trinajstić information content (AvgIpc) is 2.29. The van der Waals surface area contributed by atoms with Crippen molar-refractivity contribution in [2.45, 2.75) is 19.8 Å². The number of rotatable bonds is 6. The van der Waals surface area contributed by atoms with E-state index in [0.717, 1.165) is 25.6 Å². The molecule has 1 fully saturated rings. The Hall–Kier alpha value is -0.130. The van der Waals surface area contributed by atoms with Crippen molar-refractivity contribution in [2.75, 3.05) is 44.7 Å². The topological polar surface area (TPSA) is 49.4 Å². The second kappa shape index (κ2) is 6.57. The van der Waals surface area contributed by atoms with E-state index < -0.39 is 9.84 Å². The summed E-state index contributed by atoms with van der Waals surface area (Å²) in [6, 6.07) is 0. The summed E-state index contributed by atoms with van der Waals surface area (Å²) in [5.41, 5.74) is 0. The van der Waals surface area contributed by atoms with Gasteiger partial charge in [-0.2, -0.15) is 0 Å². The van der Waals surface area contributed by atoms with Crippen LogP contribution in [0.15, 0.2) is 0 Å². The van der Waals surface area contributed by atoms with Crippen LogP contribution >= 0.6 is 0 Å². The fourth-order valence-electron chi connectivity index (χ4n) is 2.12. The molecule has 0 aromatic rings. The van der Waals surface area contributed by atoms with Crippen molar-refractivity contribution in [2.24, 2.45) is 5.92 Å². The Morgan fingerprint density at radius 1 is 1.31 bits per heavy atom. The fraction of sp³-hybridized carbons (Fsp3) is 1.00. The summed E-state index contributed by atoms with van der Waals surface area (Å²) in [5.74, 6) is 1.35. The van der Waals surface area contributed by atoms with Gasteiger partial charge in [-0.15, -0.1) is 0 Å². The second-order valence-corrected chi connectivity index (χ2v) is 7.05. The minimum Gasteiger partial charge on any atom is -0.319 e. The van der Waals surface area contributed by atoms with Crippen molar-refractivity contribution in [1.82, 2.24) is 10.2 Å². The monoisotopic (exact) mass is 248 g/mol. The minimum absolute atomic E-state index is 0.267. The Labute approximate surface area is 99.3 Å². The highest BCUT2D eigenvalue weighted by Gasteiger charge is 2.19.